The van der Waals surface area contributed by atoms with Gasteiger partial charge in [0.25, 0.3) is 0 Å². The van der Waals surface area contributed by atoms with Gasteiger partial charge in [-0.15, -0.1) is 0 Å². The zero-order valence-electron chi connectivity index (χ0n) is 28.5. The van der Waals surface area contributed by atoms with Crippen molar-refractivity contribution in [2.24, 2.45) is 0 Å². The Morgan fingerprint density at radius 3 is 2.40 bits per heavy atom. The highest BCUT2D eigenvalue weighted by atomic mass is 35.5. The molecule has 7 rings (SSSR count). The van der Waals surface area contributed by atoms with Crippen LogP contribution in [0.25, 0.3) is 38.5 Å². The molecule has 0 unspecified atom stereocenters. The Morgan fingerprint density at radius 2 is 1.58 bits per heavy atom. The highest BCUT2D eigenvalue weighted by Crippen LogP contribution is 2.40. The summed E-state index contributed by atoms with van der Waals surface area (Å²) in [4.78, 5) is 0. The number of halogens is 1. The van der Waals surface area contributed by atoms with Gasteiger partial charge in [-0.2, -0.15) is 4.58 Å². The van der Waals surface area contributed by atoms with E-state index < -0.39 is 0 Å². The quantitative estimate of drug-likeness (QED) is 0.0987. The highest BCUT2D eigenvalue weighted by molar-refractivity contribution is 6.33. The zero-order valence-corrected chi connectivity index (χ0v) is 29.2. The second-order valence-corrected chi connectivity index (χ2v) is 13.2. The minimum absolute atomic E-state index is 0.746. The second-order valence-electron chi connectivity index (χ2n) is 12.8. The van der Waals surface area contributed by atoms with Crippen LogP contribution in [0.5, 0.6) is 11.5 Å². The monoisotopic (exact) mass is 655 g/mol. The van der Waals surface area contributed by atoms with Gasteiger partial charge in [0.2, 0.25) is 11.4 Å². The molecule has 4 nitrogen and oxygen atoms in total. The van der Waals surface area contributed by atoms with Crippen LogP contribution < -0.4 is 14.8 Å². The van der Waals surface area contributed by atoms with Crippen LogP contribution in [0.2, 0.25) is 0 Å². The first kappa shape index (κ1) is 32.0. The van der Waals surface area contributed by atoms with Crippen molar-refractivity contribution in [3.05, 3.63) is 118 Å². The molecule has 0 N–H and O–H groups in total. The summed E-state index contributed by atoms with van der Waals surface area (Å²) in [6, 6.07) is 21.6. The summed E-state index contributed by atoms with van der Waals surface area (Å²) in [5, 5.41) is 8.22. The smallest absolute Gasteiger partial charge is 0.214 e. The lowest BCUT2D eigenvalue weighted by molar-refractivity contribution is -0.399. The van der Waals surface area contributed by atoms with E-state index in [4.69, 9.17) is 21.1 Å². The Kier molecular flexibility index (Phi) is 9.28. The van der Waals surface area contributed by atoms with Gasteiger partial charge in [0.05, 0.1) is 24.7 Å². The van der Waals surface area contributed by atoms with Crippen molar-refractivity contribution in [2.75, 3.05) is 20.8 Å². The summed E-state index contributed by atoms with van der Waals surface area (Å²) >= 11 is 6.99. The van der Waals surface area contributed by atoms with Crippen LogP contribution in [0.15, 0.2) is 107 Å². The third-order valence-corrected chi connectivity index (χ3v) is 10.3. The Labute approximate surface area is 288 Å². The molecule has 0 fully saturated rings. The molecule has 244 valence electrons. The second kappa shape index (κ2) is 13.9. The van der Waals surface area contributed by atoms with Crippen LogP contribution in [0.3, 0.4) is 0 Å². The van der Waals surface area contributed by atoms with E-state index in [2.05, 4.69) is 127 Å². The largest absolute Gasteiger partial charge is 0.496 e. The fourth-order valence-corrected chi connectivity index (χ4v) is 7.64. The van der Waals surface area contributed by atoms with Crippen molar-refractivity contribution in [2.45, 2.75) is 58.9 Å². The predicted molar refractivity (Wildman–Crippen MR) is 203 cm³/mol. The summed E-state index contributed by atoms with van der Waals surface area (Å²) in [5.41, 5.74) is 7.25. The van der Waals surface area contributed by atoms with Crippen molar-refractivity contribution in [1.29, 1.82) is 0 Å². The third-order valence-electron chi connectivity index (χ3n) is 9.85. The number of hydrogen-bond donors (Lipinski definition) is 0. The van der Waals surface area contributed by atoms with Gasteiger partial charge in [-0.25, -0.2) is 0 Å². The lowest BCUT2D eigenvalue weighted by atomic mass is 10.0. The number of unbranched alkanes of at least 4 members (excludes halogenated alkanes) is 2. The Balaban J connectivity index is 1.15. The molecule has 1 aromatic heterocycles. The van der Waals surface area contributed by atoms with Crippen LogP contribution in [-0.2, 0) is 6.54 Å². The number of aryl methyl sites for hydroxylation is 1. The molecule has 1 aliphatic heterocycles. The lowest BCUT2D eigenvalue weighted by Gasteiger charge is -2.09. The van der Waals surface area contributed by atoms with Crippen molar-refractivity contribution in [3.63, 3.8) is 0 Å². The van der Waals surface area contributed by atoms with Gasteiger partial charge in [-0.05, 0) is 73.2 Å². The number of rotatable bonds is 12. The number of methoxy groups -OCH3 is 1. The summed E-state index contributed by atoms with van der Waals surface area (Å²) in [5.74, 6) is 1.88. The molecule has 4 aromatic carbocycles. The molecule has 48 heavy (non-hydrogen) atoms. The molecule has 0 radical (unpaired) electrons. The summed E-state index contributed by atoms with van der Waals surface area (Å²) in [7, 11) is 3.89. The van der Waals surface area contributed by atoms with E-state index in [9.17, 15) is 0 Å². The van der Waals surface area contributed by atoms with Gasteiger partial charge >= 0.3 is 0 Å². The maximum Gasteiger partial charge on any atom is 0.214 e. The van der Waals surface area contributed by atoms with E-state index in [0.717, 1.165) is 73.6 Å². The number of hydrogen-bond acceptors (Lipinski definition) is 2. The van der Waals surface area contributed by atoms with Crippen molar-refractivity contribution in [3.8, 4) is 11.5 Å². The topological polar surface area (TPSA) is 26.4 Å². The molecule has 2 heterocycles. The number of aromatic nitrogens is 1. The van der Waals surface area contributed by atoms with Crippen LogP contribution in [0.4, 0.5) is 5.69 Å². The number of benzene rings is 4. The number of ether oxygens (including phenoxy) is 2. The van der Waals surface area contributed by atoms with Gasteiger partial charge in [0.15, 0.2) is 0 Å². The SMILES string of the molecule is CCCCOc1ccc2c3c(cccc13)[N+](C)=C2/C=C/C=C1\CCC(/C=C/C=c2\c3ccc(OC)c4cccc(c43)n2CCCC)=C1Cl. The van der Waals surface area contributed by atoms with Gasteiger partial charge in [-0.1, -0.05) is 86.9 Å². The molecule has 0 bridgehead atoms. The standard InChI is InChI=1S/C43H44ClN2O2/c1-5-7-27-46-36(32-23-25-39(47-4)33-15-12-20-38(46)42(32)33)18-10-14-30-22-21-29(43(30)44)13-9-17-35-31-24-26-40(48-28-8-6-2)34-16-11-19-37(41(31)34)45(35)3/h9-20,23-26H,5-8,21-22,27-28H2,1-4H3/q+1. The first-order valence-electron chi connectivity index (χ1n) is 17.4. The van der Waals surface area contributed by atoms with Crippen molar-refractivity contribution >= 4 is 61.5 Å². The molecule has 0 atom stereocenters. The van der Waals surface area contributed by atoms with E-state index in [0.29, 0.717) is 0 Å². The molecule has 5 heteroatoms. The van der Waals surface area contributed by atoms with E-state index in [-0.39, 0.29) is 0 Å². The molecule has 5 aromatic rings. The van der Waals surface area contributed by atoms with E-state index in [1.165, 1.54) is 60.5 Å². The summed E-state index contributed by atoms with van der Waals surface area (Å²) < 4.78 is 16.6. The average molecular weight is 656 g/mol. The van der Waals surface area contributed by atoms with Gasteiger partial charge in [0, 0.05) is 56.1 Å². The molecule has 0 amide bonds. The molecule has 0 spiro atoms. The fraction of sp³-hybridized carbons (Fsp3) is 0.279. The Bertz CT molecular complexity index is 2250. The van der Waals surface area contributed by atoms with Crippen LogP contribution in [0, 0.1) is 0 Å². The Hall–Kier alpha value is -4.54. The van der Waals surface area contributed by atoms with Gasteiger partial charge < -0.3 is 14.0 Å². The molecule has 1 aliphatic carbocycles. The molecule has 0 saturated heterocycles. The normalized spacial score (nSPS) is 16.2. The molecule has 0 saturated carbocycles. The Morgan fingerprint density at radius 1 is 0.812 bits per heavy atom. The molecular weight excluding hydrogens is 612 g/mol. The maximum absolute atomic E-state index is 6.99. The highest BCUT2D eigenvalue weighted by Gasteiger charge is 2.29. The van der Waals surface area contributed by atoms with Gasteiger partial charge in [-0.3, -0.25) is 0 Å². The number of allylic oxidation sites excluding steroid dienone is 8. The van der Waals surface area contributed by atoms with Crippen molar-refractivity contribution in [1.82, 2.24) is 4.57 Å². The van der Waals surface area contributed by atoms with E-state index in [1.807, 2.05) is 0 Å². The lowest BCUT2D eigenvalue weighted by Crippen LogP contribution is -2.16. The van der Waals surface area contributed by atoms with Gasteiger partial charge in [0.1, 0.15) is 18.5 Å². The summed E-state index contributed by atoms with van der Waals surface area (Å²) in [6.45, 7) is 6.16. The average Bonchev–Trinajstić information content (AvgIpc) is 3.72. The first-order valence-corrected chi connectivity index (χ1v) is 17.7. The van der Waals surface area contributed by atoms with Crippen LogP contribution >= 0.6 is 11.6 Å². The van der Waals surface area contributed by atoms with Crippen molar-refractivity contribution < 1.29 is 14.0 Å². The molecule has 2 aliphatic rings. The number of nitrogens with zero attached hydrogens (tertiary/aromatic N) is 2. The maximum atomic E-state index is 6.99. The van der Waals surface area contributed by atoms with E-state index >= 15 is 0 Å². The summed E-state index contributed by atoms with van der Waals surface area (Å²) in [6.07, 6.45) is 19.5. The third kappa shape index (κ3) is 5.66. The minimum atomic E-state index is 0.746. The first-order chi connectivity index (χ1) is 23.5. The van der Waals surface area contributed by atoms with Crippen LogP contribution in [-0.4, -0.2) is 35.6 Å². The predicted octanol–water partition coefficient (Wildman–Crippen LogP) is 10.5. The molecular formula is C43H44ClN2O2+. The van der Waals surface area contributed by atoms with Crippen LogP contribution in [0.1, 0.15) is 57.9 Å². The fourth-order valence-electron chi connectivity index (χ4n) is 7.33. The zero-order chi connectivity index (χ0) is 33.2. The minimum Gasteiger partial charge on any atom is -0.496 e. The van der Waals surface area contributed by atoms with E-state index in [1.54, 1.807) is 7.11 Å².